The van der Waals surface area contributed by atoms with E-state index in [0.717, 1.165) is 14.2 Å². The molecule has 20 heavy (non-hydrogen) atoms. The molecule has 0 bridgehead atoms. The fourth-order valence-electron chi connectivity index (χ4n) is 1.03. The van der Waals surface area contributed by atoms with Crippen LogP contribution in [0.15, 0.2) is 12.2 Å². The number of amides is 1. The van der Waals surface area contributed by atoms with Gasteiger partial charge in [-0.3, -0.25) is 0 Å². The number of esters is 2. The van der Waals surface area contributed by atoms with Crippen molar-refractivity contribution in [3.63, 3.8) is 0 Å². The van der Waals surface area contributed by atoms with Crippen molar-refractivity contribution in [2.75, 3.05) is 14.2 Å². The summed E-state index contributed by atoms with van der Waals surface area (Å²) >= 11 is 0. The molecule has 2 atom stereocenters. The second-order valence-electron chi connectivity index (χ2n) is 4.69. The predicted molar refractivity (Wildman–Crippen MR) is 70.9 cm³/mol. The van der Waals surface area contributed by atoms with E-state index >= 15 is 0 Å². The Morgan fingerprint density at radius 3 is 2.25 bits per heavy atom. The van der Waals surface area contributed by atoms with Gasteiger partial charge in [0.15, 0.2) is 0 Å². The van der Waals surface area contributed by atoms with Gasteiger partial charge in [-0.25, -0.2) is 14.4 Å². The van der Waals surface area contributed by atoms with E-state index in [0.29, 0.717) is 0 Å². The number of rotatable bonds is 5. The summed E-state index contributed by atoms with van der Waals surface area (Å²) in [7, 11) is 2.04. The summed E-state index contributed by atoms with van der Waals surface area (Å²) in [6.45, 7) is 8.06. The van der Waals surface area contributed by atoms with Crippen molar-refractivity contribution in [3.8, 4) is 0 Å². The van der Waals surface area contributed by atoms with E-state index in [-0.39, 0.29) is 0 Å². The van der Waals surface area contributed by atoms with Crippen molar-refractivity contribution in [1.82, 2.24) is 5.32 Å². The smallest absolute Gasteiger partial charge is 0.408 e. The minimum absolute atomic E-state index is 0.487. The van der Waals surface area contributed by atoms with Gasteiger partial charge in [-0.1, -0.05) is 6.58 Å². The molecule has 0 aromatic heterocycles. The molecule has 0 saturated carbocycles. The third-order valence-electron chi connectivity index (χ3n) is 1.81. The molecule has 7 heteroatoms. The van der Waals surface area contributed by atoms with Crippen molar-refractivity contribution >= 4 is 18.0 Å². The lowest BCUT2D eigenvalue weighted by atomic mass is 10.1. The second kappa shape index (κ2) is 7.52. The quantitative estimate of drug-likeness (QED) is 0.464. The molecule has 0 aromatic carbocycles. The molecule has 1 N–H and O–H groups in total. The van der Waals surface area contributed by atoms with E-state index in [1.165, 1.54) is 0 Å². The molecular formula is C13H21NO6. The van der Waals surface area contributed by atoms with Gasteiger partial charge in [-0.15, -0.1) is 0 Å². The zero-order valence-corrected chi connectivity index (χ0v) is 12.2. The summed E-state index contributed by atoms with van der Waals surface area (Å²) in [5.41, 5.74) is -1.36. The standard InChI is InChI=1S/C13H21NO6/c1-8(10(15)18-5)7-9(11(16)19-6)14-12(17)20-13(2,3)4/h9H,1,7H2,2-6H3,(H,14,17)/t9-/m0/s1/i7D,9D/t7-,9+/m1. The molecule has 1 amide bonds. The molecule has 0 heterocycles. The number of carbonyl (C=O) groups excluding carboxylic acids is 3. The number of carbonyl (C=O) groups is 3. The van der Waals surface area contributed by atoms with Gasteiger partial charge in [0.1, 0.15) is 11.6 Å². The molecule has 0 aromatic rings. The molecule has 0 aliphatic heterocycles. The predicted octanol–water partition coefficient (Wildman–Crippen LogP) is 1.17. The van der Waals surface area contributed by atoms with Gasteiger partial charge in [0.25, 0.3) is 0 Å². The first-order valence-electron chi connectivity index (χ1n) is 6.75. The van der Waals surface area contributed by atoms with Gasteiger partial charge in [-0.05, 0) is 20.8 Å². The Balaban J connectivity index is 5.42. The van der Waals surface area contributed by atoms with Crippen LogP contribution in [0.1, 0.15) is 29.9 Å². The van der Waals surface area contributed by atoms with E-state index in [2.05, 4.69) is 16.1 Å². The Morgan fingerprint density at radius 1 is 1.30 bits per heavy atom. The van der Waals surface area contributed by atoms with E-state index in [4.69, 9.17) is 7.48 Å². The van der Waals surface area contributed by atoms with Gasteiger partial charge in [-0.2, -0.15) is 0 Å². The summed E-state index contributed by atoms with van der Waals surface area (Å²) < 4.78 is 29.6. The summed E-state index contributed by atoms with van der Waals surface area (Å²) in [4.78, 5) is 35.0. The Labute approximate surface area is 121 Å². The van der Waals surface area contributed by atoms with Crippen molar-refractivity contribution in [1.29, 1.82) is 0 Å². The first-order chi connectivity index (χ1) is 9.89. The number of ether oxygens (including phenoxy) is 3. The molecular weight excluding hydrogens is 266 g/mol. The Bertz CT molecular complexity index is 474. The summed E-state index contributed by atoms with van der Waals surface area (Å²) in [6, 6.07) is -2.61. The van der Waals surface area contributed by atoms with Gasteiger partial charge in [0.05, 0.1) is 15.6 Å². The largest absolute Gasteiger partial charge is 0.467 e. The van der Waals surface area contributed by atoms with Crippen LogP contribution in [0.3, 0.4) is 0 Å². The lowest BCUT2D eigenvalue weighted by molar-refractivity contribution is -0.143. The molecule has 0 unspecified atom stereocenters. The van der Waals surface area contributed by atoms with Crippen LogP contribution < -0.4 is 5.32 Å². The highest BCUT2D eigenvalue weighted by atomic mass is 16.6. The van der Waals surface area contributed by atoms with E-state index in [1.807, 2.05) is 5.32 Å². The Hall–Kier alpha value is -2.05. The lowest BCUT2D eigenvalue weighted by Crippen LogP contribution is -2.44. The molecule has 0 radical (unpaired) electrons. The average molecular weight is 289 g/mol. The molecule has 0 aliphatic rings. The molecule has 0 rings (SSSR count). The number of hydrogen-bond acceptors (Lipinski definition) is 6. The maximum absolute atomic E-state index is 11.8. The summed E-state index contributed by atoms with van der Waals surface area (Å²) in [5, 5.41) is 1.94. The van der Waals surface area contributed by atoms with Gasteiger partial charge in [0, 0.05) is 13.3 Å². The highest BCUT2D eigenvalue weighted by molar-refractivity contribution is 5.90. The van der Waals surface area contributed by atoms with Crippen LogP contribution in [0.4, 0.5) is 4.79 Å². The fourth-order valence-corrected chi connectivity index (χ4v) is 1.03. The van der Waals surface area contributed by atoms with E-state index in [9.17, 15) is 14.4 Å². The molecule has 0 spiro atoms. The Kier molecular flexibility index (Phi) is 5.40. The monoisotopic (exact) mass is 289 g/mol. The van der Waals surface area contributed by atoms with Crippen molar-refractivity contribution in [2.24, 2.45) is 0 Å². The third-order valence-corrected chi connectivity index (χ3v) is 1.81. The van der Waals surface area contributed by atoms with Crippen LogP contribution in [-0.2, 0) is 23.8 Å². The van der Waals surface area contributed by atoms with Crippen LogP contribution in [0.2, 0.25) is 0 Å². The number of methoxy groups -OCH3 is 2. The minimum atomic E-state index is -2.61. The Morgan fingerprint density at radius 2 is 1.85 bits per heavy atom. The van der Waals surface area contributed by atoms with Gasteiger partial charge < -0.3 is 19.5 Å². The van der Waals surface area contributed by atoms with E-state index < -0.39 is 41.6 Å². The SMILES string of the molecule is [2H][C@H](C(=C)C(=O)OC)[C@]([2H])(NC(=O)OC(C)(C)C)C(=O)OC. The molecule has 0 aliphatic carbocycles. The van der Waals surface area contributed by atoms with E-state index in [1.54, 1.807) is 20.8 Å². The molecule has 114 valence electrons. The first-order valence-corrected chi connectivity index (χ1v) is 5.68. The zero-order chi connectivity index (χ0) is 17.7. The molecule has 0 saturated heterocycles. The van der Waals surface area contributed by atoms with Gasteiger partial charge >= 0.3 is 18.0 Å². The van der Waals surface area contributed by atoms with Crippen LogP contribution in [0.5, 0.6) is 0 Å². The fraction of sp³-hybridized carbons (Fsp3) is 0.615. The lowest BCUT2D eigenvalue weighted by Gasteiger charge is -2.22. The average Bonchev–Trinajstić information content (AvgIpc) is 2.41. The third kappa shape index (κ3) is 6.77. The van der Waals surface area contributed by atoms with Crippen molar-refractivity contribution in [2.45, 2.75) is 38.8 Å². The molecule has 7 nitrogen and oxygen atoms in total. The van der Waals surface area contributed by atoms with Crippen LogP contribution >= 0.6 is 0 Å². The number of hydrogen-bond donors (Lipinski definition) is 1. The van der Waals surface area contributed by atoms with Crippen molar-refractivity contribution in [3.05, 3.63) is 12.2 Å². The summed E-state index contributed by atoms with van der Waals surface area (Å²) in [6.07, 6.45) is -2.96. The summed E-state index contributed by atoms with van der Waals surface area (Å²) in [5.74, 6) is -2.23. The number of nitrogens with one attached hydrogen (secondary N) is 1. The minimum Gasteiger partial charge on any atom is -0.467 e. The maximum atomic E-state index is 11.8. The maximum Gasteiger partial charge on any atom is 0.408 e. The highest BCUT2D eigenvalue weighted by Gasteiger charge is 2.27. The topological polar surface area (TPSA) is 90.9 Å². The second-order valence-corrected chi connectivity index (χ2v) is 4.69. The van der Waals surface area contributed by atoms with Crippen LogP contribution in [0, 0.1) is 0 Å². The normalized spacial score (nSPS) is 16.6. The highest BCUT2D eigenvalue weighted by Crippen LogP contribution is 2.10. The molecule has 0 fully saturated rings. The van der Waals surface area contributed by atoms with Crippen molar-refractivity contribution < 1.29 is 31.3 Å². The van der Waals surface area contributed by atoms with Crippen LogP contribution in [-0.4, -0.2) is 43.9 Å². The van der Waals surface area contributed by atoms with Gasteiger partial charge in [0.2, 0.25) is 0 Å². The van der Waals surface area contributed by atoms with Crippen LogP contribution in [0.25, 0.3) is 0 Å². The number of alkyl carbamates (subject to hydrolysis) is 1. The first kappa shape index (κ1) is 14.4. The zero-order valence-electron chi connectivity index (χ0n) is 14.2.